The van der Waals surface area contributed by atoms with Crippen LogP contribution in [0.1, 0.15) is 32.3 Å². The van der Waals surface area contributed by atoms with E-state index in [-0.39, 0.29) is 0 Å². The van der Waals surface area contributed by atoms with Gasteiger partial charge in [0.25, 0.3) is 0 Å². The van der Waals surface area contributed by atoms with E-state index in [2.05, 4.69) is 13.8 Å². The van der Waals surface area contributed by atoms with Gasteiger partial charge in [0.2, 0.25) is 0 Å². The minimum Gasteiger partial charge on any atom is -0.381 e. The van der Waals surface area contributed by atoms with Crippen LogP contribution >= 0.6 is 0 Å². The molecule has 1 aromatic carbocycles. The molecule has 0 unspecified atom stereocenters. The Kier molecular flexibility index (Phi) is 6.52. The summed E-state index contributed by atoms with van der Waals surface area (Å²) in [7, 11) is -3.11. The predicted molar refractivity (Wildman–Crippen MR) is 78.1 cm³/mol. The van der Waals surface area contributed by atoms with Crippen molar-refractivity contribution in [1.29, 1.82) is 0 Å². The summed E-state index contributed by atoms with van der Waals surface area (Å²) in [5.41, 5.74) is 1.05. The molecule has 3 nitrogen and oxygen atoms in total. The molecule has 1 rings (SSSR count). The zero-order chi connectivity index (χ0) is 14.3. The van der Waals surface area contributed by atoms with E-state index < -0.39 is 9.84 Å². The Hall–Kier alpha value is -0.870. The second-order valence-electron chi connectivity index (χ2n) is 5.32. The van der Waals surface area contributed by atoms with Gasteiger partial charge in [0.1, 0.15) is 0 Å². The van der Waals surface area contributed by atoms with Crippen molar-refractivity contribution in [2.45, 2.75) is 38.0 Å². The lowest BCUT2D eigenvalue weighted by molar-refractivity contribution is 0.121. The molecular formula is C15H24O3S. The molecule has 0 aliphatic heterocycles. The number of aryl methyl sites for hydroxylation is 1. The molecule has 0 radical (unpaired) electrons. The molecule has 0 aromatic heterocycles. The van der Waals surface area contributed by atoms with E-state index in [1.54, 1.807) is 18.2 Å². The van der Waals surface area contributed by atoms with Crippen molar-refractivity contribution < 1.29 is 13.2 Å². The maximum absolute atomic E-state index is 11.4. The van der Waals surface area contributed by atoms with E-state index >= 15 is 0 Å². The van der Waals surface area contributed by atoms with E-state index in [4.69, 9.17) is 4.74 Å². The van der Waals surface area contributed by atoms with Crippen molar-refractivity contribution in [2.24, 2.45) is 5.92 Å². The number of hydrogen-bond acceptors (Lipinski definition) is 3. The Morgan fingerprint density at radius 2 is 1.95 bits per heavy atom. The third-order valence-corrected chi connectivity index (χ3v) is 4.03. The Morgan fingerprint density at radius 1 is 1.21 bits per heavy atom. The number of ether oxygens (including phenoxy) is 1. The normalized spacial score (nSPS) is 12.0. The first-order valence-electron chi connectivity index (χ1n) is 6.76. The molecule has 0 aliphatic rings. The molecule has 0 aliphatic carbocycles. The van der Waals surface area contributed by atoms with Gasteiger partial charge in [-0.2, -0.15) is 0 Å². The Balaban J connectivity index is 2.34. The van der Waals surface area contributed by atoms with Gasteiger partial charge in [-0.1, -0.05) is 26.0 Å². The topological polar surface area (TPSA) is 43.4 Å². The van der Waals surface area contributed by atoms with Gasteiger partial charge in [0, 0.05) is 19.5 Å². The summed E-state index contributed by atoms with van der Waals surface area (Å²) in [6.45, 7) is 5.90. The van der Waals surface area contributed by atoms with Crippen LogP contribution in [0.2, 0.25) is 0 Å². The first kappa shape index (κ1) is 16.2. The van der Waals surface area contributed by atoms with Crippen LogP contribution < -0.4 is 0 Å². The Bertz CT molecular complexity index is 478. The van der Waals surface area contributed by atoms with Gasteiger partial charge in [0.05, 0.1) is 4.90 Å². The maximum atomic E-state index is 11.4. The van der Waals surface area contributed by atoms with E-state index in [9.17, 15) is 8.42 Å². The first-order valence-corrected chi connectivity index (χ1v) is 8.65. The molecule has 0 atom stereocenters. The fraction of sp³-hybridized carbons (Fsp3) is 0.600. The average Bonchev–Trinajstić information content (AvgIpc) is 2.32. The molecule has 0 N–H and O–H groups in total. The zero-order valence-corrected chi connectivity index (χ0v) is 12.9. The van der Waals surface area contributed by atoms with Gasteiger partial charge in [0.15, 0.2) is 9.84 Å². The summed E-state index contributed by atoms with van der Waals surface area (Å²) in [5, 5.41) is 0. The smallest absolute Gasteiger partial charge is 0.175 e. The van der Waals surface area contributed by atoms with Crippen LogP contribution in [-0.4, -0.2) is 27.9 Å². The largest absolute Gasteiger partial charge is 0.381 e. The zero-order valence-electron chi connectivity index (χ0n) is 12.1. The van der Waals surface area contributed by atoms with Crippen LogP contribution in [0.25, 0.3) is 0 Å². The highest BCUT2D eigenvalue weighted by Gasteiger charge is 2.06. The van der Waals surface area contributed by atoms with Crippen LogP contribution in [0, 0.1) is 5.92 Å². The minimum atomic E-state index is -3.11. The molecule has 0 amide bonds. The van der Waals surface area contributed by atoms with Crippen molar-refractivity contribution in [3.8, 4) is 0 Å². The van der Waals surface area contributed by atoms with Gasteiger partial charge in [-0.15, -0.1) is 0 Å². The average molecular weight is 284 g/mol. The summed E-state index contributed by atoms with van der Waals surface area (Å²) in [4.78, 5) is 0.394. The lowest BCUT2D eigenvalue weighted by atomic mass is 10.1. The molecular weight excluding hydrogens is 260 g/mol. The van der Waals surface area contributed by atoms with E-state index in [0.29, 0.717) is 10.8 Å². The summed E-state index contributed by atoms with van der Waals surface area (Å²) >= 11 is 0. The van der Waals surface area contributed by atoms with E-state index in [1.165, 1.54) is 6.26 Å². The molecule has 0 heterocycles. The Labute approximate surface area is 116 Å². The van der Waals surface area contributed by atoms with Crippen molar-refractivity contribution in [3.05, 3.63) is 29.8 Å². The standard InChI is InChI=1S/C15H24O3S/c1-13(2)9-11-18-10-5-7-14-6-4-8-15(12-14)19(3,16)17/h4,6,8,12-13H,5,7,9-11H2,1-3H3. The molecule has 0 spiro atoms. The number of hydrogen-bond donors (Lipinski definition) is 0. The van der Waals surface area contributed by atoms with Crippen molar-refractivity contribution in [3.63, 3.8) is 0 Å². The molecule has 1 aromatic rings. The molecule has 0 fully saturated rings. The Morgan fingerprint density at radius 3 is 2.58 bits per heavy atom. The van der Waals surface area contributed by atoms with Gasteiger partial charge in [-0.05, 0) is 42.9 Å². The quantitative estimate of drug-likeness (QED) is 0.689. The van der Waals surface area contributed by atoms with Crippen LogP contribution in [-0.2, 0) is 21.0 Å². The number of rotatable bonds is 8. The third kappa shape index (κ3) is 6.73. The highest BCUT2D eigenvalue weighted by Crippen LogP contribution is 2.12. The molecule has 19 heavy (non-hydrogen) atoms. The monoisotopic (exact) mass is 284 g/mol. The summed E-state index contributed by atoms with van der Waals surface area (Å²) < 4.78 is 28.4. The first-order chi connectivity index (χ1) is 8.89. The van der Waals surface area contributed by atoms with Gasteiger partial charge >= 0.3 is 0 Å². The molecule has 0 saturated heterocycles. The highest BCUT2D eigenvalue weighted by molar-refractivity contribution is 7.90. The summed E-state index contributed by atoms with van der Waals surface area (Å²) in [6, 6.07) is 7.15. The van der Waals surface area contributed by atoms with Crippen LogP contribution in [0.5, 0.6) is 0 Å². The SMILES string of the molecule is CC(C)CCOCCCc1cccc(S(C)(=O)=O)c1. The number of sulfone groups is 1. The molecule has 4 heteroatoms. The fourth-order valence-corrected chi connectivity index (χ4v) is 2.42. The van der Waals surface area contributed by atoms with E-state index in [1.807, 2.05) is 6.07 Å². The fourth-order valence-electron chi connectivity index (χ4n) is 1.73. The van der Waals surface area contributed by atoms with Gasteiger partial charge in [-0.25, -0.2) is 8.42 Å². The summed E-state index contributed by atoms with van der Waals surface area (Å²) in [6.07, 6.45) is 4.10. The number of benzene rings is 1. The van der Waals surface area contributed by atoms with Gasteiger partial charge in [-0.3, -0.25) is 0 Å². The van der Waals surface area contributed by atoms with Crippen molar-refractivity contribution in [1.82, 2.24) is 0 Å². The van der Waals surface area contributed by atoms with Crippen molar-refractivity contribution >= 4 is 9.84 Å². The molecule has 108 valence electrons. The highest BCUT2D eigenvalue weighted by atomic mass is 32.2. The van der Waals surface area contributed by atoms with Crippen LogP contribution in [0.3, 0.4) is 0 Å². The predicted octanol–water partition coefficient (Wildman–Crippen LogP) is 3.09. The van der Waals surface area contributed by atoms with Crippen molar-refractivity contribution in [2.75, 3.05) is 19.5 Å². The van der Waals surface area contributed by atoms with Crippen LogP contribution in [0.4, 0.5) is 0 Å². The maximum Gasteiger partial charge on any atom is 0.175 e. The van der Waals surface area contributed by atoms with Gasteiger partial charge < -0.3 is 4.74 Å². The second kappa shape index (κ2) is 7.65. The van der Waals surface area contributed by atoms with Crippen LogP contribution in [0.15, 0.2) is 29.2 Å². The van der Waals surface area contributed by atoms with E-state index in [0.717, 1.165) is 38.0 Å². The minimum absolute atomic E-state index is 0.394. The summed E-state index contributed by atoms with van der Waals surface area (Å²) in [5.74, 6) is 0.673. The lowest BCUT2D eigenvalue weighted by Crippen LogP contribution is -2.02. The lowest BCUT2D eigenvalue weighted by Gasteiger charge is -2.07. The molecule has 0 saturated carbocycles. The third-order valence-electron chi connectivity index (χ3n) is 2.92. The second-order valence-corrected chi connectivity index (χ2v) is 7.33. The molecule has 0 bridgehead atoms.